The van der Waals surface area contributed by atoms with E-state index in [1.807, 2.05) is 19.4 Å². The van der Waals surface area contributed by atoms with E-state index in [-0.39, 0.29) is 6.04 Å². The fraction of sp³-hybridized carbons (Fsp3) is 0.600. The summed E-state index contributed by atoms with van der Waals surface area (Å²) in [5.41, 5.74) is 1.01. The molecule has 90 valence electrons. The molecule has 1 aromatic heterocycles. The lowest BCUT2D eigenvalue weighted by atomic mass is 10.3. The average molecular weight is 260 g/mol. The normalized spacial score (nSPS) is 24.6. The highest BCUT2D eigenvalue weighted by Gasteiger charge is 2.36. The Balaban J connectivity index is 2.09. The summed E-state index contributed by atoms with van der Waals surface area (Å²) >= 11 is 1.28. The predicted octanol–water partition coefficient (Wildman–Crippen LogP) is 1.15. The summed E-state index contributed by atoms with van der Waals surface area (Å²) in [5.74, 6) is 0.478. The number of thiophene rings is 1. The quantitative estimate of drug-likeness (QED) is 0.835. The highest BCUT2D eigenvalue weighted by molar-refractivity contribution is 7.91. The van der Waals surface area contributed by atoms with Gasteiger partial charge in [0.2, 0.25) is 10.0 Å². The lowest BCUT2D eigenvalue weighted by molar-refractivity contribution is 0.580. The van der Waals surface area contributed by atoms with E-state index in [1.54, 1.807) is 6.07 Å². The molecule has 0 aliphatic heterocycles. The minimum Gasteiger partial charge on any atom is -0.316 e. The molecule has 6 heteroatoms. The van der Waals surface area contributed by atoms with Gasteiger partial charge in [0, 0.05) is 12.6 Å². The van der Waals surface area contributed by atoms with E-state index < -0.39 is 10.0 Å². The fourth-order valence-electron chi connectivity index (χ4n) is 1.53. The summed E-state index contributed by atoms with van der Waals surface area (Å²) in [6.07, 6.45) is 0.952. The third-order valence-electron chi connectivity index (χ3n) is 2.69. The molecule has 1 aromatic rings. The van der Waals surface area contributed by atoms with Gasteiger partial charge in [0.15, 0.2) is 0 Å². The van der Waals surface area contributed by atoms with E-state index in [0.29, 0.717) is 16.7 Å². The summed E-state index contributed by atoms with van der Waals surface area (Å²) in [6, 6.07) is 1.87. The second-order valence-electron chi connectivity index (χ2n) is 4.25. The summed E-state index contributed by atoms with van der Waals surface area (Å²) in [4.78, 5) is 0. The number of nitrogens with one attached hydrogen (secondary N) is 2. The van der Waals surface area contributed by atoms with Crippen molar-refractivity contribution in [2.45, 2.75) is 30.1 Å². The molecule has 0 radical (unpaired) electrons. The molecular formula is C10H16N2O2S2. The van der Waals surface area contributed by atoms with Crippen molar-refractivity contribution in [2.75, 3.05) is 7.05 Å². The maximum absolute atomic E-state index is 11.9. The van der Waals surface area contributed by atoms with E-state index in [1.165, 1.54) is 11.3 Å². The zero-order valence-corrected chi connectivity index (χ0v) is 11.0. The van der Waals surface area contributed by atoms with Crippen LogP contribution >= 0.6 is 11.3 Å². The summed E-state index contributed by atoms with van der Waals surface area (Å²) < 4.78 is 27.0. The van der Waals surface area contributed by atoms with Gasteiger partial charge in [-0.15, -0.1) is 11.3 Å². The van der Waals surface area contributed by atoms with E-state index in [4.69, 9.17) is 0 Å². The first kappa shape index (κ1) is 12.0. The Morgan fingerprint density at radius 3 is 2.81 bits per heavy atom. The molecule has 1 aliphatic carbocycles. The van der Waals surface area contributed by atoms with Crippen LogP contribution in [0.15, 0.2) is 15.7 Å². The molecule has 4 nitrogen and oxygen atoms in total. The molecule has 0 aromatic carbocycles. The minimum absolute atomic E-state index is 0.139. The van der Waals surface area contributed by atoms with Crippen LogP contribution < -0.4 is 10.0 Å². The summed E-state index contributed by atoms with van der Waals surface area (Å²) in [6.45, 7) is 2.75. The van der Waals surface area contributed by atoms with Crippen molar-refractivity contribution < 1.29 is 8.42 Å². The highest BCUT2D eigenvalue weighted by Crippen LogP contribution is 2.31. The van der Waals surface area contributed by atoms with Crippen molar-refractivity contribution in [3.8, 4) is 0 Å². The monoisotopic (exact) mass is 260 g/mol. The first-order valence-corrected chi connectivity index (χ1v) is 7.63. The SMILES string of the molecule is CNCc1csc(S(=O)(=O)NC2CC2C)c1. The molecule has 0 bridgehead atoms. The largest absolute Gasteiger partial charge is 0.316 e. The third-order valence-corrected chi connectivity index (χ3v) is 5.67. The molecular weight excluding hydrogens is 244 g/mol. The van der Waals surface area contributed by atoms with Crippen LogP contribution in [-0.2, 0) is 16.6 Å². The lowest BCUT2D eigenvalue weighted by Gasteiger charge is -2.02. The zero-order chi connectivity index (χ0) is 11.8. The molecule has 16 heavy (non-hydrogen) atoms. The van der Waals surface area contributed by atoms with Crippen LogP contribution in [0.1, 0.15) is 18.9 Å². The van der Waals surface area contributed by atoms with Crippen molar-refractivity contribution in [3.05, 3.63) is 17.0 Å². The van der Waals surface area contributed by atoms with Crippen LogP contribution in [0, 0.1) is 5.92 Å². The van der Waals surface area contributed by atoms with E-state index in [0.717, 1.165) is 12.0 Å². The van der Waals surface area contributed by atoms with Crippen molar-refractivity contribution >= 4 is 21.4 Å². The Kier molecular flexibility index (Phi) is 3.34. The Hall–Kier alpha value is -0.430. The molecule has 1 fully saturated rings. The van der Waals surface area contributed by atoms with Crippen LogP contribution in [0.25, 0.3) is 0 Å². The molecule has 0 amide bonds. The fourth-order valence-corrected chi connectivity index (χ4v) is 4.12. The molecule has 0 spiro atoms. The van der Waals surface area contributed by atoms with Gasteiger partial charge in [0.05, 0.1) is 0 Å². The first-order chi connectivity index (χ1) is 7.53. The minimum atomic E-state index is -3.29. The lowest BCUT2D eigenvalue weighted by Crippen LogP contribution is -2.26. The van der Waals surface area contributed by atoms with Crippen molar-refractivity contribution in [3.63, 3.8) is 0 Å². The predicted molar refractivity (Wildman–Crippen MR) is 65.0 cm³/mol. The number of sulfonamides is 1. The topological polar surface area (TPSA) is 58.2 Å². The molecule has 2 atom stereocenters. The van der Waals surface area contributed by atoms with Gasteiger partial charge in [0.25, 0.3) is 0 Å². The molecule has 2 N–H and O–H groups in total. The van der Waals surface area contributed by atoms with Crippen molar-refractivity contribution in [1.82, 2.24) is 10.0 Å². The van der Waals surface area contributed by atoms with Gasteiger partial charge in [-0.2, -0.15) is 0 Å². The van der Waals surface area contributed by atoms with Gasteiger partial charge in [-0.05, 0) is 36.4 Å². The zero-order valence-electron chi connectivity index (χ0n) is 9.36. The molecule has 2 rings (SSSR count). The third kappa shape index (κ3) is 2.63. The van der Waals surface area contributed by atoms with Gasteiger partial charge in [-0.3, -0.25) is 0 Å². The van der Waals surface area contributed by atoms with Crippen LogP contribution in [0.5, 0.6) is 0 Å². The summed E-state index contributed by atoms with van der Waals surface area (Å²) in [7, 11) is -1.44. The van der Waals surface area contributed by atoms with Gasteiger partial charge in [-0.1, -0.05) is 6.92 Å². The molecule has 1 saturated carbocycles. The Morgan fingerprint density at radius 2 is 2.25 bits per heavy atom. The molecule has 0 saturated heterocycles. The second kappa shape index (κ2) is 4.44. The number of hydrogen-bond acceptors (Lipinski definition) is 4. The van der Waals surface area contributed by atoms with Gasteiger partial charge in [-0.25, -0.2) is 13.1 Å². The van der Waals surface area contributed by atoms with Crippen LogP contribution in [-0.4, -0.2) is 21.5 Å². The van der Waals surface area contributed by atoms with E-state index in [2.05, 4.69) is 10.0 Å². The first-order valence-electron chi connectivity index (χ1n) is 5.27. The van der Waals surface area contributed by atoms with E-state index >= 15 is 0 Å². The maximum Gasteiger partial charge on any atom is 0.250 e. The van der Waals surface area contributed by atoms with E-state index in [9.17, 15) is 8.42 Å². The molecule has 1 heterocycles. The highest BCUT2D eigenvalue weighted by atomic mass is 32.2. The van der Waals surface area contributed by atoms with Gasteiger partial charge in [0.1, 0.15) is 4.21 Å². The van der Waals surface area contributed by atoms with Gasteiger partial charge < -0.3 is 5.32 Å². The summed E-state index contributed by atoms with van der Waals surface area (Å²) in [5, 5.41) is 4.88. The maximum atomic E-state index is 11.9. The molecule has 2 unspecified atom stereocenters. The van der Waals surface area contributed by atoms with Crippen LogP contribution in [0.2, 0.25) is 0 Å². The van der Waals surface area contributed by atoms with Crippen molar-refractivity contribution in [1.29, 1.82) is 0 Å². The smallest absolute Gasteiger partial charge is 0.250 e. The average Bonchev–Trinajstić information content (AvgIpc) is 2.71. The standard InChI is InChI=1S/C10H16N2O2S2/c1-7-3-9(7)12-16(13,14)10-4-8(5-11-2)6-15-10/h4,6-7,9,11-12H,3,5H2,1-2H3. The van der Waals surface area contributed by atoms with Gasteiger partial charge >= 0.3 is 0 Å². The number of rotatable bonds is 5. The van der Waals surface area contributed by atoms with Crippen LogP contribution in [0.4, 0.5) is 0 Å². The van der Waals surface area contributed by atoms with Crippen LogP contribution in [0.3, 0.4) is 0 Å². The Morgan fingerprint density at radius 1 is 1.56 bits per heavy atom. The van der Waals surface area contributed by atoms with Crippen molar-refractivity contribution in [2.24, 2.45) is 5.92 Å². The second-order valence-corrected chi connectivity index (χ2v) is 7.10. The molecule has 1 aliphatic rings. The number of hydrogen-bond donors (Lipinski definition) is 2. The Labute approximate surface area is 100 Å². The Bertz CT molecular complexity index is 467.